The number of amides is 1. The monoisotopic (exact) mass is 436 g/mol. The van der Waals surface area contributed by atoms with Crippen LogP contribution in [0.5, 0.6) is 0 Å². The topological polar surface area (TPSA) is 30.0 Å². The van der Waals surface area contributed by atoms with Gasteiger partial charge in [-0.05, 0) is 56.3 Å². The lowest BCUT2D eigenvalue weighted by Gasteiger charge is -2.51. The van der Waals surface area contributed by atoms with Crippen molar-refractivity contribution in [3.05, 3.63) is 35.4 Å². The Labute approximate surface area is 181 Å². The van der Waals surface area contributed by atoms with Crippen LogP contribution in [0.1, 0.15) is 36.8 Å². The van der Waals surface area contributed by atoms with Crippen LogP contribution in [-0.2, 0) is 17.5 Å². The van der Waals surface area contributed by atoms with Gasteiger partial charge in [0, 0.05) is 45.8 Å². The highest BCUT2D eigenvalue weighted by Crippen LogP contribution is 2.44. The standard InChI is InChI=1S/C23H31F3N4O/c1-27-12-13-29-20(16-27)21(31)30(15-18-2-3-18)22(29)8-10-28(11-9-22)14-17-4-6-19(7-5-17)23(24,25)26/h4-7,18,20H,2-3,8-16H2,1H3/t20-/m1/s1. The number of carbonyl (C=O) groups is 1. The van der Waals surface area contributed by atoms with E-state index >= 15 is 0 Å². The van der Waals surface area contributed by atoms with E-state index in [1.165, 1.54) is 25.0 Å². The number of likely N-dealkylation sites (tertiary alicyclic amines) is 1. The van der Waals surface area contributed by atoms with Gasteiger partial charge in [0.15, 0.2) is 0 Å². The molecule has 1 amide bonds. The summed E-state index contributed by atoms with van der Waals surface area (Å²) in [5.74, 6) is 0.958. The maximum atomic E-state index is 13.4. The molecule has 1 spiro atoms. The number of benzene rings is 1. The number of piperidine rings is 1. The summed E-state index contributed by atoms with van der Waals surface area (Å²) in [7, 11) is 2.09. The third kappa shape index (κ3) is 3.98. The van der Waals surface area contributed by atoms with E-state index in [2.05, 4.69) is 26.6 Å². The zero-order valence-corrected chi connectivity index (χ0v) is 18.1. The van der Waals surface area contributed by atoms with Gasteiger partial charge in [-0.1, -0.05) is 12.1 Å². The third-order valence-electron chi connectivity index (χ3n) is 7.65. The van der Waals surface area contributed by atoms with Crippen molar-refractivity contribution >= 4 is 5.91 Å². The molecule has 0 bridgehead atoms. The van der Waals surface area contributed by atoms with Gasteiger partial charge < -0.3 is 9.80 Å². The largest absolute Gasteiger partial charge is 0.416 e. The molecule has 5 nitrogen and oxygen atoms in total. The molecule has 0 radical (unpaired) electrons. The Balaban J connectivity index is 1.28. The molecule has 0 N–H and O–H groups in total. The summed E-state index contributed by atoms with van der Waals surface area (Å²) in [6, 6.07) is 5.48. The Hall–Kier alpha value is -1.64. The van der Waals surface area contributed by atoms with Crippen molar-refractivity contribution < 1.29 is 18.0 Å². The maximum Gasteiger partial charge on any atom is 0.416 e. The fraction of sp³-hybridized carbons (Fsp3) is 0.696. The van der Waals surface area contributed by atoms with Crippen LogP contribution in [0, 0.1) is 5.92 Å². The predicted molar refractivity (Wildman–Crippen MR) is 111 cm³/mol. The summed E-state index contributed by atoms with van der Waals surface area (Å²) in [4.78, 5) is 22.6. The van der Waals surface area contributed by atoms with Crippen LogP contribution in [0.25, 0.3) is 0 Å². The van der Waals surface area contributed by atoms with Gasteiger partial charge in [-0.3, -0.25) is 14.6 Å². The molecular formula is C23H31F3N4O. The molecule has 4 fully saturated rings. The second-order valence-electron chi connectivity index (χ2n) is 9.82. The average molecular weight is 437 g/mol. The number of carbonyl (C=O) groups excluding carboxylic acids is 1. The van der Waals surface area contributed by atoms with E-state index in [9.17, 15) is 18.0 Å². The van der Waals surface area contributed by atoms with Crippen molar-refractivity contribution in [1.82, 2.24) is 19.6 Å². The number of halogens is 3. The molecule has 170 valence electrons. The smallest absolute Gasteiger partial charge is 0.322 e. The number of fused-ring (bicyclic) bond motifs is 2. The Morgan fingerprint density at radius 3 is 2.32 bits per heavy atom. The van der Waals surface area contributed by atoms with Crippen LogP contribution in [0.3, 0.4) is 0 Å². The first-order chi connectivity index (χ1) is 14.8. The zero-order valence-electron chi connectivity index (χ0n) is 18.1. The summed E-state index contributed by atoms with van der Waals surface area (Å²) >= 11 is 0. The molecule has 3 aliphatic heterocycles. The fourth-order valence-corrected chi connectivity index (χ4v) is 5.67. The number of nitrogens with zero attached hydrogens (tertiary/aromatic N) is 4. The summed E-state index contributed by atoms with van der Waals surface area (Å²) in [6.45, 7) is 5.95. The summed E-state index contributed by atoms with van der Waals surface area (Å²) < 4.78 is 38.5. The van der Waals surface area contributed by atoms with Gasteiger partial charge >= 0.3 is 6.18 Å². The van der Waals surface area contributed by atoms with Crippen molar-refractivity contribution in [1.29, 1.82) is 0 Å². The first-order valence-corrected chi connectivity index (χ1v) is 11.4. The molecule has 1 aromatic carbocycles. The molecule has 4 aliphatic rings. The molecule has 0 aromatic heterocycles. The summed E-state index contributed by atoms with van der Waals surface area (Å²) in [6.07, 6.45) is -0.0251. The summed E-state index contributed by atoms with van der Waals surface area (Å²) in [5, 5.41) is 0. The molecule has 3 saturated heterocycles. The van der Waals surface area contributed by atoms with Crippen LogP contribution in [-0.4, -0.2) is 83.5 Å². The minimum Gasteiger partial charge on any atom is -0.322 e. The second-order valence-corrected chi connectivity index (χ2v) is 9.82. The van der Waals surface area contributed by atoms with E-state index in [0.717, 1.165) is 57.7 Å². The molecule has 3 heterocycles. The number of piperazine rings is 1. The number of hydrogen-bond acceptors (Lipinski definition) is 4. The second kappa shape index (κ2) is 7.74. The average Bonchev–Trinajstić information content (AvgIpc) is 3.53. The van der Waals surface area contributed by atoms with Gasteiger partial charge in [0.05, 0.1) is 11.2 Å². The molecule has 1 aromatic rings. The van der Waals surface area contributed by atoms with E-state index in [1.54, 1.807) is 12.1 Å². The van der Waals surface area contributed by atoms with Gasteiger partial charge in [-0.25, -0.2) is 0 Å². The van der Waals surface area contributed by atoms with Crippen molar-refractivity contribution in [3.8, 4) is 0 Å². The molecule has 0 unspecified atom stereocenters. The Morgan fingerprint density at radius 2 is 1.71 bits per heavy atom. The van der Waals surface area contributed by atoms with Crippen LogP contribution < -0.4 is 0 Å². The number of rotatable bonds is 4. The van der Waals surface area contributed by atoms with Gasteiger partial charge in [0.2, 0.25) is 5.91 Å². The van der Waals surface area contributed by atoms with E-state index in [-0.39, 0.29) is 11.7 Å². The maximum absolute atomic E-state index is 13.4. The number of alkyl halides is 3. The molecule has 5 rings (SSSR count). The van der Waals surface area contributed by atoms with Gasteiger partial charge in [0.1, 0.15) is 6.04 Å². The highest BCUT2D eigenvalue weighted by molar-refractivity contribution is 5.85. The van der Waals surface area contributed by atoms with Gasteiger partial charge in [0.25, 0.3) is 0 Å². The van der Waals surface area contributed by atoms with Gasteiger partial charge in [-0.15, -0.1) is 0 Å². The van der Waals surface area contributed by atoms with Crippen molar-refractivity contribution in [2.75, 3.05) is 46.3 Å². The van der Waals surface area contributed by atoms with Crippen LogP contribution in [0.4, 0.5) is 13.2 Å². The fourth-order valence-electron chi connectivity index (χ4n) is 5.67. The highest BCUT2D eigenvalue weighted by Gasteiger charge is 2.58. The Kier molecular flexibility index (Phi) is 5.30. The Morgan fingerprint density at radius 1 is 1.03 bits per heavy atom. The first-order valence-electron chi connectivity index (χ1n) is 11.4. The molecule has 31 heavy (non-hydrogen) atoms. The lowest BCUT2D eigenvalue weighted by molar-refractivity contribution is -0.137. The SMILES string of the molecule is CN1CCN2[C@H](C1)C(=O)N(CC1CC1)C21CCN(Cc2ccc(C(F)(F)F)cc2)CC1. The lowest BCUT2D eigenvalue weighted by atomic mass is 9.92. The molecular weight excluding hydrogens is 405 g/mol. The molecule has 1 atom stereocenters. The number of hydrogen-bond donors (Lipinski definition) is 0. The van der Waals surface area contributed by atoms with Crippen LogP contribution in [0.2, 0.25) is 0 Å². The molecule has 1 aliphatic carbocycles. The first kappa shape index (κ1) is 21.2. The van der Waals surface area contributed by atoms with Crippen LogP contribution in [0.15, 0.2) is 24.3 Å². The third-order valence-corrected chi connectivity index (χ3v) is 7.65. The van der Waals surface area contributed by atoms with Crippen molar-refractivity contribution in [2.45, 2.75) is 50.1 Å². The van der Waals surface area contributed by atoms with E-state index in [1.807, 2.05) is 0 Å². The van der Waals surface area contributed by atoms with E-state index < -0.39 is 11.7 Å². The lowest BCUT2D eigenvalue weighted by Crippen LogP contribution is -2.63. The normalized spacial score (nSPS) is 27.8. The zero-order chi connectivity index (χ0) is 21.8. The predicted octanol–water partition coefficient (Wildman–Crippen LogP) is 2.87. The van der Waals surface area contributed by atoms with Crippen LogP contribution >= 0.6 is 0 Å². The summed E-state index contributed by atoms with van der Waals surface area (Å²) in [5.41, 5.74) is 0.122. The van der Waals surface area contributed by atoms with Gasteiger partial charge in [-0.2, -0.15) is 13.2 Å². The highest BCUT2D eigenvalue weighted by atomic mass is 19.4. The minimum atomic E-state index is -4.30. The van der Waals surface area contributed by atoms with E-state index in [4.69, 9.17) is 0 Å². The Bertz CT molecular complexity index is 815. The number of likely N-dealkylation sites (N-methyl/N-ethyl adjacent to an activating group) is 1. The van der Waals surface area contributed by atoms with E-state index in [0.29, 0.717) is 18.4 Å². The van der Waals surface area contributed by atoms with Crippen molar-refractivity contribution in [2.24, 2.45) is 5.92 Å². The minimum absolute atomic E-state index is 0.0287. The van der Waals surface area contributed by atoms with Crippen molar-refractivity contribution in [3.63, 3.8) is 0 Å². The molecule has 1 saturated carbocycles. The molecule has 8 heteroatoms. The quantitative estimate of drug-likeness (QED) is 0.726.